The maximum Gasteiger partial charge on any atom is 0.257 e. The molecule has 1 amide bonds. The van der Waals surface area contributed by atoms with Crippen LogP contribution in [-0.4, -0.2) is 11.0 Å². The van der Waals surface area contributed by atoms with Gasteiger partial charge in [0.25, 0.3) is 5.91 Å². The average molecular weight is 669 g/mol. The van der Waals surface area contributed by atoms with Crippen molar-refractivity contribution in [2.24, 2.45) is 0 Å². The van der Waals surface area contributed by atoms with E-state index in [0.717, 1.165) is 25.8 Å². The molecule has 4 aromatic rings. The number of carbonyl (C=O) groups is 1. The highest BCUT2D eigenvalue weighted by molar-refractivity contribution is 9.10. The van der Waals surface area contributed by atoms with E-state index in [1.54, 1.807) is 24.3 Å². The lowest BCUT2D eigenvalue weighted by Crippen LogP contribution is -2.34. The SMILES string of the molecule is N#Cc1c(NC(=S)NC(=O)c2ccccc2)sc2c1C[C@H](c1ccc(Br)cc1)S[C@@H]2c1ccc(Br)cc1. The van der Waals surface area contributed by atoms with Crippen molar-refractivity contribution in [3.8, 4) is 6.07 Å². The van der Waals surface area contributed by atoms with Gasteiger partial charge in [-0.1, -0.05) is 74.3 Å². The van der Waals surface area contributed by atoms with Crippen molar-refractivity contribution in [3.05, 3.63) is 121 Å². The molecule has 1 aliphatic rings. The van der Waals surface area contributed by atoms with Crippen LogP contribution in [0.25, 0.3) is 0 Å². The third-order valence-electron chi connectivity index (χ3n) is 5.98. The minimum absolute atomic E-state index is 0.0608. The fourth-order valence-electron chi connectivity index (χ4n) is 4.20. The number of hydrogen-bond acceptors (Lipinski definition) is 5. The molecule has 2 N–H and O–H groups in total. The summed E-state index contributed by atoms with van der Waals surface area (Å²) in [7, 11) is 0. The molecular weight excluding hydrogens is 650 g/mol. The van der Waals surface area contributed by atoms with Gasteiger partial charge >= 0.3 is 0 Å². The molecule has 4 nitrogen and oxygen atoms in total. The Kier molecular flexibility index (Phi) is 8.12. The summed E-state index contributed by atoms with van der Waals surface area (Å²) in [4.78, 5) is 13.7. The van der Waals surface area contributed by atoms with Crippen LogP contribution in [0.2, 0.25) is 0 Å². The highest BCUT2D eigenvalue weighted by Crippen LogP contribution is 2.56. The molecule has 0 aliphatic carbocycles. The maximum atomic E-state index is 12.6. The fraction of sp³-hybridized carbons (Fsp3) is 0.107. The molecule has 0 bridgehead atoms. The molecule has 9 heteroatoms. The van der Waals surface area contributed by atoms with Crippen LogP contribution in [0.5, 0.6) is 0 Å². The summed E-state index contributed by atoms with van der Waals surface area (Å²) in [5.41, 5.74) is 4.53. The van der Waals surface area contributed by atoms with Gasteiger partial charge < -0.3 is 5.32 Å². The lowest BCUT2D eigenvalue weighted by Gasteiger charge is -2.30. The number of nitrogens with one attached hydrogen (secondary N) is 2. The molecule has 0 fully saturated rings. The summed E-state index contributed by atoms with van der Waals surface area (Å²) in [5, 5.41) is 17.1. The Morgan fingerprint density at radius 3 is 2.19 bits per heavy atom. The van der Waals surface area contributed by atoms with Crippen molar-refractivity contribution < 1.29 is 4.79 Å². The molecule has 2 heterocycles. The smallest absolute Gasteiger partial charge is 0.257 e. The molecule has 0 spiro atoms. The topological polar surface area (TPSA) is 64.9 Å². The van der Waals surface area contributed by atoms with E-state index in [9.17, 15) is 10.1 Å². The number of amides is 1. The first-order valence-corrected chi connectivity index (χ1v) is 15.1. The van der Waals surface area contributed by atoms with E-state index in [-0.39, 0.29) is 21.5 Å². The van der Waals surface area contributed by atoms with Crippen LogP contribution in [0.4, 0.5) is 5.00 Å². The second-order valence-electron chi connectivity index (χ2n) is 8.35. The average Bonchev–Trinajstić information content (AvgIpc) is 3.26. The van der Waals surface area contributed by atoms with Crippen LogP contribution in [-0.2, 0) is 6.42 Å². The highest BCUT2D eigenvalue weighted by atomic mass is 79.9. The Morgan fingerprint density at radius 2 is 1.57 bits per heavy atom. The minimum atomic E-state index is -0.295. The van der Waals surface area contributed by atoms with Gasteiger partial charge in [-0.2, -0.15) is 5.26 Å². The van der Waals surface area contributed by atoms with Gasteiger partial charge in [-0.3, -0.25) is 10.1 Å². The molecule has 3 aromatic carbocycles. The number of nitrogens with zero attached hydrogens (tertiary/aromatic N) is 1. The normalized spacial score (nSPS) is 16.4. The van der Waals surface area contributed by atoms with E-state index in [1.807, 2.05) is 30.0 Å². The third kappa shape index (κ3) is 5.84. The molecule has 37 heavy (non-hydrogen) atoms. The molecule has 0 saturated heterocycles. The second kappa shape index (κ2) is 11.5. The van der Waals surface area contributed by atoms with E-state index in [1.165, 1.54) is 22.5 Å². The third-order valence-corrected chi connectivity index (χ3v) is 10.2. The van der Waals surface area contributed by atoms with Gasteiger partial charge in [0.2, 0.25) is 0 Å². The first-order valence-electron chi connectivity index (χ1n) is 11.3. The van der Waals surface area contributed by atoms with Gasteiger partial charge in [0.15, 0.2) is 5.11 Å². The van der Waals surface area contributed by atoms with Gasteiger partial charge in [0.1, 0.15) is 11.1 Å². The largest absolute Gasteiger partial charge is 0.323 e. The predicted octanol–water partition coefficient (Wildman–Crippen LogP) is 8.39. The first kappa shape index (κ1) is 26.1. The number of nitriles is 1. The van der Waals surface area contributed by atoms with Crippen LogP contribution in [0, 0.1) is 11.3 Å². The lowest BCUT2D eigenvalue weighted by molar-refractivity contribution is 0.0977. The van der Waals surface area contributed by atoms with Crippen molar-refractivity contribution >= 4 is 83.2 Å². The van der Waals surface area contributed by atoms with Crippen LogP contribution in [0.1, 0.15) is 48.0 Å². The molecular formula is C28H19Br2N3OS3. The number of thiophene rings is 1. The number of anilines is 1. The van der Waals surface area contributed by atoms with Gasteiger partial charge in [-0.25, -0.2) is 0 Å². The number of benzene rings is 3. The summed E-state index contributed by atoms with van der Waals surface area (Å²) in [6, 6.07) is 28.0. The van der Waals surface area contributed by atoms with E-state index < -0.39 is 0 Å². The number of hydrogen-bond donors (Lipinski definition) is 2. The second-order valence-corrected chi connectivity index (χ2v) is 13.0. The fourth-order valence-corrected chi connectivity index (χ4v) is 7.98. The van der Waals surface area contributed by atoms with Crippen molar-refractivity contribution in [2.75, 3.05) is 5.32 Å². The molecule has 5 rings (SSSR count). The van der Waals surface area contributed by atoms with Crippen LogP contribution in [0.15, 0.2) is 87.8 Å². The molecule has 0 saturated carbocycles. The molecule has 0 unspecified atom stereocenters. The Balaban J connectivity index is 1.48. The van der Waals surface area contributed by atoms with E-state index >= 15 is 0 Å². The number of fused-ring (bicyclic) bond motifs is 1. The zero-order valence-corrected chi connectivity index (χ0v) is 24.8. The lowest BCUT2D eigenvalue weighted by atomic mass is 9.97. The Labute approximate surface area is 245 Å². The molecule has 0 radical (unpaired) electrons. The number of thiocarbonyl (C=S) groups is 1. The minimum Gasteiger partial charge on any atom is -0.323 e. The molecule has 1 aromatic heterocycles. The summed E-state index contributed by atoms with van der Waals surface area (Å²) in [6.07, 6.45) is 0.735. The zero-order chi connectivity index (χ0) is 25.9. The number of carbonyl (C=O) groups excluding carboxylic acids is 1. The van der Waals surface area contributed by atoms with Crippen LogP contribution in [0.3, 0.4) is 0 Å². The van der Waals surface area contributed by atoms with E-state index in [4.69, 9.17) is 12.2 Å². The summed E-state index contributed by atoms with van der Waals surface area (Å²) < 4.78 is 2.06. The number of thioether (sulfide) groups is 1. The van der Waals surface area contributed by atoms with Gasteiger partial charge in [0.05, 0.1) is 10.8 Å². The maximum absolute atomic E-state index is 12.6. The van der Waals surface area contributed by atoms with Crippen molar-refractivity contribution in [1.29, 1.82) is 5.26 Å². The molecule has 2 atom stereocenters. The van der Waals surface area contributed by atoms with Gasteiger partial charge in [-0.05, 0) is 71.7 Å². The summed E-state index contributed by atoms with van der Waals surface area (Å²) in [5.74, 6) is -0.295. The quantitative estimate of drug-likeness (QED) is 0.214. The predicted molar refractivity (Wildman–Crippen MR) is 163 cm³/mol. The zero-order valence-electron chi connectivity index (χ0n) is 19.2. The highest BCUT2D eigenvalue weighted by Gasteiger charge is 2.35. The summed E-state index contributed by atoms with van der Waals surface area (Å²) >= 11 is 15.9. The number of halogens is 2. The summed E-state index contributed by atoms with van der Waals surface area (Å²) in [6.45, 7) is 0. The van der Waals surface area contributed by atoms with Crippen LogP contribution >= 0.6 is 67.2 Å². The molecule has 1 aliphatic heterocycles. The van der Waals surface area contributed by atoms with Gasteiger partial charge in [-0.15, -0.1) is 23.1 Å². The van der Waals surface area contributed by atoms with Crippen molar-refractivity contribution in [3.63, 3.8) is 0 Å². The van der Waals surface area contributed by atoms with E-state index in [0.29, 0.717) is 16.1 Å². The number of rotatable bonds is 4. The molecule has 184 valence electrons. The standard InChI is InChI=1S/C28H19Br2N3OS3/c29-19-10-6-16(7-11-19)23-14-21-22(15-31)27(33-28(35)32-26(34)18-4-2-1-3-5-18)37-25(21)24(36-23)17-8-12-20(30)13-9-17/h1-13,23-24H,14H2,(H2,32,33,34,35)/t23-,24-/m1/s1. The van der Waals surface area contributed by atoms with Crippen molar-refractivity contribution in [2.45, 2.75) is 16.9 Å². The Morgan fingerprint density at radius 1 is 0.946 bits per heavy atom. The van der Waals surface area contributed by atoms with Crippen molar-refractivity contribution in [1.82, 2.24) is 5.32 Å². The Bertz CT molecular complexity index is 1500. The van der Waals surface area contributed by atoms with Gasteiger partial charge in [0, 0.05) is 24.6 Å². The Hall–Kier alpha value is -2.48. The first-order chi connectivity index (χ1) is 17.9. The monoisotopic (exact) mass is 667 g/mol. The van der Waals surface area contributed by atoms with E-state index in [2.05, 4.69) is 85.0 Å². The van der Waals surface area contributed by atoms with Crippen LogP contribution < -0.4 is 10.6 Å².